The molecule has 2 aromatic carbocycles. The van der Waals surface area contributed by atoms with Crippen LogP contribution in [0, 0.1) is 0 Å². The van der Waals surface area contributed by atoms with E-state index >= 15 is 0 Å². The quantitative estimate of drug-likeness (QED) is 0.765. The third-order valence-corrected chi connectivity index (χ3v) is 3.55. The Bertz CT molecular complexity index is 828. The summed E-state index contributed by atoms with van der Waals surface area (Å²) < 4.78 is 4.95. The van der Waals surface area contributed by atoms with Gasteiger partial charge in [0.1, 0.15) is 17.5 Å². The highest BCUT2D eigenvalue weighted by Crippen LogP contribution is 2.24. The molecule has 5 nitrogen and oxygen atoms in total. The molecule has 3 aromatic rings. The Morgan fingerprint density at radius 3 is 2.74 bits per heavy atom. The second kappa shape index (κ2) is 6.64. The summed E-state index contributed by atoms with van der Waals surface area (Å²) in [7, 11) is 0. The van der Waals surface area contributed by atoms with Gasteiger partial charge in [-0.15, -0.1) is 0 Å². The number of rotatable bonds is 4. The SMILES string of the molecule is O=C(Nc1cccc(CO)c1)c1conc1-c1ccc(Cl)cc1. The minimum absolute atomic E-state index is 0.0903. The topological polar surface area (TPSA) is 75.4 Å². The van der Waals surface area contributed by atoms with Crippen LogP contribution in [0.4, 0.5) is 5.69 Å². The van der Waals surface area contributed by atoms with Crippen LogP contribution in [0.2, 0.25) is 5.02 Å². The van der Waals surface area contributed by atoms with Crippen molar-refractivity contribution in [2.75, 3.05) is 5.32 Å². The van der Waals surface area contributed by atoms with E-state index in [0.29, 0.717) is 27.5 Å². The van der Waals surface area contributed by atoms with E-state index in [-0.39, 0.29) is 12.5 Å². The van der Waals surface area contributed by atoms with Gasteiger partial charge in [-0.2, -0.15) is 0 Å². The first kappa shape index (κ1) is 15.3. The number of carbonyl (C=O) groups is 1. The predicted molar refractivity (Wildman–Crippen MR) is 87.3 cm³/mol. The molecule has 6 heteroatoms. The molecule has 2 N–H and O–H groups in total. The maximum atomic E-state index is 12.4. The molecule has 0 atom stereocenters. The average molecular weight is 329 g/mol. The molecule has 0 saturated carbocycles. The number of carbonyl (C=O) groups excluding carboxylic acids is 1. The standard InChI is InChI=1S/C17H13ClN2O3/c18-13-6-4-12(5-7-13)16-15(10-23-20-16)17(22)19-14-3-1-2-11(8-14)9-21/h1-8,10,21H,9H2,(H,19,22). The summed E-state index contributed by atoms with van der Waals surface area (Å²) in [6.45, 7) is -0.0903. The second-order valence-electron chi connectivity index (χ2n) is 4.90. The van der Waals surface area contributed by atoms with Gasteiger partial charge in [-0.3, -0.25) is 4.79 Å². The first-order chi connectivity index (χ1) is 11.2. The van der Waals surface area contributed by atoms with E-state index in [9.17, 15) is 4.79 Å². The number of hydrogen-bond donors (Lipinski definition) is 2. The molecule has 0 aliphatic rings. The van der Waals surface area contributed by atoms with Crippen molar-refractivity contribution in [1.82, 2.24) is 5.16 Å². The largest absolute Gasteiger partial charge is 0.392 e. The third kappa shape index (κ3) is 3.41. The smallest absolute Gasteiger partial charge is 0.261 e. The monoisotopic (exact) mass is 328 g/mol. The molecule has 0 fully saturated rings. The van der Waals surface area contributed by atoms with Crippen molar-refractivity contribution in [3.8, 4) is 11.3 Å². The molecule has 116 valence electrons. The van der Waals surface area contributed by atoms with E-state index in [4.69, 9.17) is 21.2 Å². The lowest BCUT2D eigenvalue weighted by Gasteiger charge is -2.06. The highest BCUT2D eigenvalue weighted by Gasteiger charge is 2.17. The maximum Gasteiger partial charge on any atom is 0.261 e. The highest BCUT2D eigenvalue weighted by molar-refractivity contribution is 6.30. The highest BCUT2D eigenvalue weighted by atomic mass is 35.5. The number of nitrogens with one attached hydrogen (secondary N) is 1. The van der Waals surface area contributed by atoms with Gasteiger partial charge in [0.05, 0.1) is 6.61 Å². The number of nitrogens with zero attached hydrogens (tertiary/aromatic N) is 1. The zero-order valence-electron chi connectivity index (χ0n) is 12.0. The molecule has 0 radical (unpaired) electrons. The van der Waals surface area contributed by atoms with Gasteiger partial charge in [-0.25, -0.2) is 0 Å². The molecule has 0 saturated heterocycles. The van der Waals surface area contributed by atoms with Gasteiger partial charge >= 0.3 is 0 Å². The first-order valence-corrected chi connectivity index (χ1v) is 7.26. The van der Waals surface area contributed by atoms with Gasteiger partial charge in [0.2, 0.25) is 0 Å². The minimum atomic E-state index is -0.341. The van der Waals surface area contributed by atoms with E-state index in [1.54, 1.807) is 48.5 Å². The van der Waals surface area contributed by atoms with Crippen LogP contribution in [0.25, 0.3) is 11.3 Å². The molecule has 0 aliphatic heterocycles. The third-order valence-electron chi connectivity index (χ3n) is 3.30. The molecular weight excluding hydrogens is 316 g/mol. The minimum Gasteiger partial charge on any atom is -0.392 e. The van der Waals surface area contributed by atoms with Crippen LogP contribution in [0.3, 0.4) is 0 Å². The van der Waals surface area contributed by atoms with Crippen LogP contribution in [-0.2, 0) is 6.61 Å². The molecule has 23 heavy (non-hydrogen) atoms. The predicted octanol–water partition coefficient (Wildman–Crippen LogP) is 3.74. The molecule has 0 aliphatic carbocycles. The van der Waals surface area contributed by atoms with Crippen molar-refractivity contribution in [2.24, 2.45) is 0 Å². The summed E-state index contributed by atoms with van der Waals surface area (Å²) in [5, 5.41) is 16.4. The molecule has 1 heterocycles. The number of aliphatic hydroxyl groups is 1. The average Bonchev–Trinajstić information content (AvgIpc) is 3.05. The van der Waals surface area contributed by atoms with E-state index in [0.717, 1.165) is 5.56 Å². The molecule has 3 rings (SSSR count). The summed E-state index contributed by atoms with van der Waals surface area (Å²) in [6, 6.07) is 14.0. The number of halogens is 1. The Balaban J connectivity index is 1.86. The molecule has 0 spiro atoms. The zero-order valence-corrected chi connectivity index (χ0v) is 12.7. The maximum absolute atomic E-state index is 12.4. The van der Waals surface area contributed by atoms with Crippen molar-refractivity contribution in [1.29, 1.82) is 0 Å². The number of amides is 1. The van der Waals surface area contributed by atoms with Gasteiger partial charge < -0.3 is 14.9 Å². The Hall–Kier alpha value is -2.63. The molecule has 1 amide bonds. The van der Waals surface area contributed by atoms with Crippen molar-refractivity contribution in [2.45, 2.75) is 6.61 Å². The van der Waals surface area contributed by atoms with Crippen LogP contribution < -0.4 is 5.32 Å². The lowest BCUT2D eigenvalue weighted by molar-refractivity contribution is 0.102. The zero-order chi connectivity index (χ0) is 16.2. The number of aliphatic hydroxyl groups excluding tert-OH is 1. The van der Waals surface area contributed by atoms with Gasteiger partial charge in [0.25, 0.3) is 5.91 Å². The lowest BCUT2D eigenvalue weighted by atomic mass is 10.1. The number of aromatic nitrogens is 1. The fraction of sp³-hybridized carbons (Fsp3) is 0.0588. The van der Waals surface area contributed by atoms with Gasteiger partial charge in [-0.1, -0.05) is 41.0 Å². The van der Waals surface area contributed by atoms with Crippen LogP contribution in [0.5, 0.6) is 0 Å². The normalized spacial score (nSPS) is 10.5. The second-order valence-corrected chi connectivity index (χ2v) is 5.33. The molecule has 0 unspecified atom stereocenters. The fourth-order valence-electron chi connectivity index (χ4n) is 2.16. The number of hydrogen-bond acceptors (Lipinski definition) is 4. The lowest BCUT2D eigenvalue weighted by Crippen LogP contribution is -2.12. The van der Waals surface area contributed by atoms with E-state index in [2.05, 4.69) is 10.5 Å². The van der Waals surface area contributed by atoms with Crippen molar-refractivity contribution >= 4 is 23.2 Å². The molecule has 0 bridgehead atoms. The van der Waals surface area contributed by atoms with E-state index in [1.807, 2.05) is 0 Å². The summed E-state index contributed by atoms with van der Waals surface area (Å²) in [5.41, 5.74) is 2.80. The first-order valence-electron chi connectivity index (χ1n) is 6.89. The van der Waals surface area contributed by atoms with Gasteiger partial charge in [0, 0.05) is 16.3 Å². The van der Waals surface area contributed by atoms with Gasteiger partial charge in [-0.05, 0) is 29.8 Å². The summed E-state index contributed by atoms with van der Waals surface area (Å²) in [5.74, 6) is -0.341. The fourth-order valence-corrected chi connectivity index (χ4v) is 2.29. The summed E-state index contributed by atoms with van der Waals surface area (Å²) in [6.07, 6.45) is 1.30. The Morgan fingerprint density at radius 2 is 2.00 bits per heavy atom. The van der Waals surface area contributed by atoms with Crippen molar-refractivity contribution in [3.05, 3.63) is 70.9 Å². The van der Waals surface area contributed by atoms with Crippen LogP contribution in [0.1, 0.15) is 15.9 Å². The molecular formula is C17H13ClN2O3. The Labute approximate surface area is 137 Å². The number of anilines is 1. The van der Waals surface area contributed by atoms with Crippen LogP contribution in [-0.4, -0.2) is 16.2 Å². The summed E-state index contributed by atoms with van der Waals surface area (Å²) in [4.78, 5) is 12.4. The van der Waals surface area contributed by atoms with Crippen LogP contribution in [0.15, 0.2) is 59.3 Å². The Kier molecular flexibility index (Phi) is 4.41. The van der Waals surface area contributed by atoms with E-state index < -0.39 is 0 Å². The van der Waals surface area contributed by atoms with Crippen molar-refractivity contribution in [3.63, 3.8) is 0 Å². The summed E-state index contributed by atoms with van der Waals surface area (Å²) >= 11 is 5.87. The van der Waals surface area contributed by atoms with E-state index in [1.165, 1.54) is 6.26 Å². The molecule has 1 aromatic heterocycles. The van der Waals surface area contributed by atoms with Crippen LogP contribution >= 0.6 is 11.6 Å². The van der Waals surface area contributed by atoms with Crippen molar-refractivity contribution < 1.29 is 14.4 Å². The van der Waals surface area contributed by atoms with Gasteiger partial charge in [0.15, 0.2) is 0 Å². The number of benzene rings is 2. The Morgan fingerprint density at radius 1 is 1.22 bits per heavy atom.